The Hall–Kier alpha value is -1.21. The summed E-state index contributed by atoms with van der Waals surface area (Å²) in [5, 5.41) is 28.0. The molecular formula is C26H48NNaO10S. The molecule has 0 aliphatic heterocycles. The van der Waals surface area contributed by atoms with E-state index in [0.717, 1.165) is 25.7 Å². The Morgan fingerprint density at radius 3 is 1.28 bits per heavy atom. The third-order valence-electron chi connectivity index (χ3n) is 7.20. The van der Waals surface area contributed by atoms with Crippen molar-refractivity contribution in [3.8, 4) is 0 Å². The van der Waals surface area contributed by atoms with E-state index in [0.29, 0.717) is 12.8 Å². The Balaban J connectivity index is 0. The molecule has 0 aromatic carbocycles. The molecule has 0 fully saturated rings. The molecule has 0 heterocycles. The zero-order chi connectivity index (χ0) is 29.2. The zero-order valence-corrected chi connectivity index (χ0v) is 23.4. The van der Waals surface area contributed by atoms with Crippen LogP contribution >= 0.6 is 0 Å². The second-order valence-electron chi connectivity index (χ2n) is 10.1. The normalized spacial score (nSPS) is 13.8. The van der Waals surface area contributed by atoms with Crippen molar-refractivity contribution in [2.24, 2.45) is 17.6 Å². The molecule has 11 nitrogen and oxygen atoms in total. The summed E-state index contributed by atoms with van der Waals surface area (Å²) >= 11 is 0. The summed E-state index contributed by atoms with van der Waals surface area (Å²) in [7, 11) is -5.47. The number of hydrogen-bond acceptors (Lipinski definition) is 6. The van der Waals surface area contributed by atoms with Gasteiger partial charge < -0.3 is 21.1 Å². The maximum atomic E-state index is 12.2. The van der Waals surface area contributed by atoms with E-state index in [2.05, 4.69) is 6.92 Å². The average Bonchev–Trinajstić information content (AvgIpc) is 2.80. The van der Waals surface area contributed by atoms with Crippen LogP contribution in [0.4, 0.5) is 0 Å². The minimum absolute atomic E-state index is 0. The first-order valence-electron chi connectivity index (χ1n) is 13.8. The van der Waals surface area contributed by atoms with Crippen molar-refractivity contribution in [3.63, 3.8) is 0 Å². The van der Waals surface area contributed by atoms with Crippen LogP contribution < -0.4 is 5.73 Å². The molecule has 2 atom stereocenters. The molecule has 6 N–H and O–H groups in total. The van der Waals surface area contributed by atoms with Gasteiger partial charge in [-0.05, 0) is 12.8 Å². The first kappa shape index (κ1) is 39.9. The summed E-state index contributed by atoms with van der Waals surface area (Å²) in [4.78, 5) is 46.7. The monoisotopic (exact) mass is 589 g/mol. The molecule has 0 aromatic heterocycles. The number of carboxylic acids is 3. The van der Waals surface area contributed by atoms with Gasteiger partial charge in [-0.1, -0.05) is 110 Å². The van der Waals surface area contributed by atoms with E-state index in [1.165, 1.54) is 57.8 Å². The molecule has 2 unspecified atom stereocenters. The number of primary amides is 1. The summed E-state index contributed by atoms with van der Waals surface area (Å²) in [6.07, 6.45) is 14.7. The molecular weight excluding hydrogens is 541 g/mol. The fraction of sp³-hybridized carbons (Fsp3) is 0.846. The number of nitrogens with two attached hydrogens (primary N) is 1. The van der Waals surface area contributed by atoms with E-state index in [-0.39, 0.29) is 36.0 Å². The Morgan fingerprint density at radius 2 is 1.03 bits per heavy atom. The number of amides is 1. The SMILES string of the molecule is CCCCCCCCCCCCCCCCCCC(C(=O)O)(C(CC(C(=O)O)C(=O)O)C(N)=O)S(=O)(=O)O.[NaH]. The van der Waals surface area contributed by atoms with Crippen molar-refractivity contribution in [1.82, 2.24) is 0 Å². The van der Waals surface area contributed by atoms with Crippen LogP contribution in [0.2, 0.25) is 0 Å². The van der Waals surface area contributed by atoms with Gasteiger partial charge in [-0.2, -0.15) is 8.42 Å². The number of unbranched alkanes of at least 4 members (excludes halogenated alkanes) is 15. The molecule has 39 heavy (non-hydrogen) atoms. The van der Waals surface area contributed by atoms with Gasteiger partial charge in [0.05, 0.1) is 5.92 Å². The van der Waals surface area contributed by atoms with Gasteiger partial charge in [0.25, 0.3) is 10.1 Å². The average molecular weight is 590 g/mol. The molecule has 0 saturated carbocycles. The summed E-state index contributed by atoms with van der Waals surface area (Å²) in [6, 6.07) is 0. The quantitative estimate of drug-likeness (QED) is 0.0447. The van der Waals surface area contributed by atoms with Crippen LogP contribution in [0.1, 0.15) is 122 Å². The van der Waals surface area contributed by atoms with Crippen LogP contribution in [0.15, 0.2) is 0 Å². The second-order valence-corrected chi connectivity index (χ2v) is 11.8. The number of carboxylic acid groups (broad SMARTS) is 3. The fourth-order valence-electron chi connectivity index (χ4n) is 4.86. The number of aliphatic carboxylic acids is 3. The van der Waals surface area contributed by atoms with Gasteiger partial charge in [-0.25, -0.2) is 0 Å². The molecule has 0 saturated heterocycles. The third kappa shape index (κ3) is 14.8. The predicted molar refractivity (Wildman–Crippen MR) is 149 cm³/mol. The second kappa shape index (κ2) is 21.5. The topological polar surface area (TPSA) is 209 Å². The molecule has 224 valence electrons. The minimum atomic E-state index is -5.47. The van der Waals surface area contributed by atoms with Crippen molar-refractivity contribution >= 4 is 63.5 Å². The van der Waals surface area contributed by atoms with Crippen molar-refractivity contribution in [2.75, 3.05) is 0 Å². The van der Waals surface area contributed by atoms with Crippen LogP contribution in [0.5, 0.6) is 0 Å². The predicted octanol–water partition coefficient (Wildman–Crippen LogP) is 3.98. The summed E-state index contributed by atoms with van der Waals surface area (Å²) in [5.74, 6) is -11.9. The van der Waals surface area contributed by atoms with Crippen LogP contribution in [-0.4, -0.2) is 86.4 Å². The number of rotatable bonds is 25. The van der Waals surface area contributed by atoms with E-state index < -0.39 is 63.4 Å². The molecule has 1 amide bonds. The number of carbonyl (C=O) groups excluding carboxylic acids is 1. The molecule has 0 aliphatic rings. The zero-order valence-electron chi connectivity index (χ0n) is 22.6. The maximum absolute atomic E-state index is 12.2. The van der Waals surface area contributed by atoms with Gasteiger partial charge in [-0.15, -0.1) is 0 Å². The first-order valence-corrected chi connectivity index (χ1v) is 15.2. The Kier molecular flexibility index (Phi) is 22.0. The van der Waals surface area contributed by atoms with Gasteiger partial charge in [0.1, 0.15) is 0 Å². The van der Waals surface area contributed by atoms with E-state index in [9.17, 15) is 37.3 Å². The molecule has 13 heteroatoms. The van der Waals surface area contributed by atoms with Crippen molar-refractivity contribution in [1.29, 1.82) is 0 Å². The van der Waals surface area contributed by atoms with Crippen molar-refractivity contribution in [2.45, 2.75) is 127 Å². The summed E-state index contributed by atoms with van der Waals surface area (Å²) in [6.45, 7) is 2.21. The van der Waals surface area contributed by atoms with E-state index in [4.69, 9.17) is 15.9 Å². The summed E-state index contributed by atoms with van der Waals surface area (Å²) < 4.78 is 31.1. The molecule has 0 radical (unpaired) electrons. The van der Waals surface area contributed by atoms with Crippen LogP contribution in [0.3, 0.4) is 0 Å². The van der Waals surface area contributed by atoms with Crippen LogP contribution in [0, 0.1) is 11.8 Å². The molecule has 0 spiro atoms. The van der Waals surface area contributed by atoms with E-state index in [1.54, 1.807) is 0 Å². The number of hydrogen-bond donors (Lipinski definition) is 5. The van der Waals surface area contributed by atoms with Gasteiger partial charge in [-0.3, -0.25) is 23.7 Å². The Labute approximate surface area is 254 Å². The summed E-state index contributed by atoms with van der Waals surface area (Å²) in [5.41, 5.74) is 5.20. The van der Waals surface area contributed by atoms with Gasteiger partial charge in [0.2, 0.25) is 10.7 Å². The van der Waals surface area contributed by atoms with Gasteiger partial charge in [0.15, 0.2) is 5.92 Å². The van der Waals surface area contributed by atoms with Crippen LogP contribution in [0.25, 0.3) is 0 Å². The number of carbonyl (C=O) groups is 4. The van der Waals surface area contributed by atoms with Crippen LogP contribution in [-0.2, 0) is 29.3 Å². The van der Waals surface area contributed by atoms with Crippen molar-refractivity contribution in [3.05, 3.63) is 0 Å². The molecule has 0 aromatic rings. The Bertz CT molecular complexity index is 838. The van der Waals surface area contributed by atoms with Gasteiger partial charge >= 0.3 is 47.5 Å². The standard InChI is InChI=1S/C26H47NO10S.Na.H/c1-2-3-4-5-6-7-8-9-10-11-12-13-14-15-16-17-18-26(25(33)34,38(35,36)37)21(22(27)28)19-20(23(29)30)24(31)32;;/h20-21H,2-19H2,1H3,(H2,27,28)(H,29,30)(H,31,32)(H,33,34)(H,35,36,37);;. The Morgan fingerprint density at radius 1 is 0.692 bits per heavy atom. The fourth-order valence-corrected chi connectivity index (χ4v) is 6.06. The first-order chi connectivity index (χ1) is 17.8. The van der Waals surface area contributed by atoms with E-state index >= 15 is 0 Å². The van der Waals surface area contributed by atoms with Crippen molar-refractivity contribution < 1.29 is 47.5 Å². The molecule has 0 rings (SSSR count). The third-order valence-corrected chi connectivity index (χ3v) is 8.78. The molecule has 0 aliphatic carbocycles. The van der Waals surface area contributed by atoms with Gasteiger partial charge in [0, 0.05) is 0 Å². The molecule has 0 bridgehead atoms. The van der Waals surface area contributed by atoms with E-state index in [1.807, 2.05) is 0 Å².